The lowest BCUT2D eigenvalue weighted by Crippen LogP contribution is -2.54. The summed E-state index contributed by atoms with van der Waals surface area (Å²) in [4.78, 5) is 17.8. The Morgan fingerprint density at radius 2 is 1.82 bits per heavy atom. The van der Waals surface area contributed by atoms with Crippen molar-refractivity contribution >= 4 is 27.6 Å². The lowest BCUT2D eigenvalue weighted by atomic mass is 9.98. The topological polar surface area (TPSA) is 104 Å². The van der Waals surface area contributed by atoms with Gasteiger partial charge in [-0.3, -0.25) is 5.32 Å². The summed E-state index contributed by atoms with van der Waals surface area (Å²) in [6.45, 7) is 6.80. The molecule has 39 heavy (non-hydrogen) atoms. The van der Waals surface area contributed by atoms with Crippen molar-refractivity contribution < 1.29 is 35.9 Å². The van der Waals surface area contributed by atoms with Crippen LogP contribution in [0.2, 0.25) is 0 Å². The molecule has 1 amide bonds. The molecule has 2 atom stereocenters. The molecule has 210 valence electrons. The number of nitrogens with zero attached hydrogens (tertiary/aromatic N) is 3. The number of hydrogen-bond donors (Lipinski definition) is 1. The van der Waals surface area contributed by atoms with Crippen LogP contribution in [0.1, 0.15) is 33.3 Å². The Labute approximate surface area is 225 Å². The largest absolute Gasteiger partial charge is 0.444 e. The number of benzene rings is 1. The smallest absolute Gasteiger partial charge is 0.424 e. The van der Waals surface area contributed by atoms with E-state index in [0.717, 1.165) is 6.20 Å². The van der Waals surface area contributed by atoms with Crippen LogP contribution in [-0.2, 0) is 25.1 Å². The number of pyridine rings is 1. The Morgan fingerprint density at radius 3 is 2.33 bits per heavy atom. The molecule has 3 heterocycles. The second kappa shape index (κ2) is 10.3. The van der Waals surface area contributed by atoms with Crippen molar-refractivity contribution in [1.82, 2.24) is 9.29 Å². The molecule has 2 aromatic rings. The first-order valence-corrected chi connectivity index (χ1v) is 13.6. The van der Waals surface area contributed by atoms with Gasteiger partial charge in [0.2, 0.25) is 15.6 Å². The van der Waals surface area contributed by atoms with Gasteiger partial charge in [0.25, 0.3) is 0 Å². The van der Waals surface area contributed by atoms with E-state index in [1.54, 1.807) is 39.8 Å². The Balaban J connectivity index is 1.47. The number of carbonyl (C=O) groups excluding carboxylic acids is 1. The first-order chi connectivity index (χ1) is 18.2. The van der Waals surface area contributed by atoms with Gasteiger partial charge in [-0.15, -0.1) is 5.92 Å². The van der Waals surface area contributed by atoms with Crippen LogP contribution in [0.3, 0.4) is 0 Å². The fourth-order valence-electron chi connectivity index (χ4n) is 4.23. The van der Waals surface area contributed by atoms with Gasteiger partial charge in [0.05, 0.1) is 6.61 Å². The lowest BCUT2D eigenvalue weighted by molar-refractivity contribution is -0.187. The minimum Gasteiger partial charge on any atom is -0.444 e. The van der Waals surface area contributed by atoms with E-state index < -0.39 is 46.1 Å². The van der Waals surface area contributed by atoms with Crippen LogP contribution in [0, 0.1) is 11.8 Å². The number of ether oxygens (including phenoxy) is 2. The Kier molecular flexibility index (Phi) is 7.59. The van der Waals surface area contributed by atoms with Crippen LogP contribution in [0.25, 0.3) is 0 Å². The zero-order chi connectivity index (χ0) is 28.6. The molecular weight excluding hydrogens is 537 g/mol. The Morgan fingerprint density at radius 1 is 1.15 bits per heavy atom. The SMILES string of the molecule is CC#CC1CN(S(=O)(=O)c2ccc(NC(=O)OC(C)(C)C)nc2)CCN1c1ccc(C2(C(F)(F)F)CO2)cc1. The van der Waals surface area contributed by atoms with Gasteiger partial charge < -0.3 is 14.4 Å². The number of anilines is 2. The van der Waals surface area contributed by atoms with Crippen LogP contribution < -0.4 is 10.2 Å². The van der Waals surface area contributed by atoms with Gasteiger partial charge in [0.15, 0.2) is 0 Å². The molecular formula is C26H29F3N4O5S. The van der Waals surface area contributed by atoms with Crippen molar-refractivity contribution in [2.75, 3.05) is 36.5 Å². The number of epoxide rings is 1. The number of aromatic nitrogens is 1. The van der Waals surface area contributed by atoms with E-state index in [4.69, 9.17) is 9.47 Å². The minimum absolute atomic E-state index is 0.0233. The van der Waals surface area contributed by atoms with Crippen LogP contribution in [-0.4, -0.2) is 67.9 Å². The van der Waals surface area contributed by atoms with E-state index in [-0.39, 0.29) is 35.9 Å². The van der Waals surface area contributed by atoms with E-state index >= 15 is 0 Å². The summed E-state index contributed by atoms with van der Waals surface area (Å²) in [5, 5.41) is 2.45. The van der Waals surface area contributed by atoms with Gasteiger partial charge in [-0.2, -0.15) is 17.5 Å². The highest BCUT2D eigenvalue weighted by Crippen LogP contribution is 2.51. The summed E-state index contributed by atoms with van der Waals surface area (Å²) < 4.78 is 78.1. The second-order valence-electron chi connectivity index (χ2n) is 10.1. The third kappa shape index (κ3) is 6.13. The highest BCUT2D eigenvalue weighted by atomic mass is 32.2. The van der Waals surface area contributed by atoms with Crippen LogP contribution in [0.15, 0.2) is 47.5 Å². The van der Waals surface area contributed by atoms with Gasteiger partial charge in [-0.1, -0.05) is 18.1 Å². The van der Waals surface area contributed by atoms with Crippen LogP contribution in [0.5, 0.6) is 0 Å². The quantitative estimate of drug-likeness (QED) is 0.429. The summed E-state index contributed by atoms with van der Waals surface area (Å²) >= 11 is 0. The normalized spacial score (nSPS) is 22.0. The van der Waals surface area contributed by atoms with Crippen molar-refractivity contribution in [2.45, 2.75) is 56.0 Å². The lowest BCUT2D eigenvalue weighted by Gasteiger charge is -2.40. The first kappa shape index (κ1) is 28.7. The number of alkyl halides is 3. The fraction of sp³-hybridized carbons (Fsp3) is 0.462. The maximum Gasteiger partial charge on any atom is 0.424 e. The minimum atomic E-state index is -4.51. The van der Waals surface area contributed by atoms with Gasteiger partial charge >= 0.3 is 12.3 Å². The Hall–Kier alpha value is -3.34. The molecule has 2 fully saturated rings. The van der Waals surface area contributed by atoms with Crippen molar-refractivity contribution in [2.24, 2.45) is 0 Å². The van der Waals surface area contributed by atoms with Gasteiger partial charge in [0, 0.05) is 31.5 Å². The van der Waals surface area contributed by atoms with E-state index in [0.29, 0.717) is 5.69 Å². The van der Waals surface area contributed by atoms with Crippen LogP contribution >= 0.6 is 0 Å². The predicted octanol–water partition coefficient (Wildman–Crippen LogP) is 4.12. The molecule has 13 heteroatoms. The van der Waals surface area contributed by atoms with Crippen molar-refractivity contribution in [3.8, 4) is 11.8 Å². The number of amides is 1. The molecule has 4 rings (SSSR count). The molecule has 2 aliphatic heterocycles. The number of rotatable bonds is 5. The summed E-state index contributed by atoms with van der Waals surface area (Å²) in [6, 6.07) is 8.09. The molecule has 0 spiro atoms. The van der Waals surface area contributed by atoms with Gasteiger partial charge in [0.1, 0.15) is 22.4 Å². The summed E-state index contributed by atoms with van der Waals surface area (Å²) in [5.74, 6) is 5.95. The molecule has 0 aliphatic carbocycles. The molecule has 0 saturated carbocycles. The molecule has 0 bridgehead atoms. The third-order valence-corrected chi connectivity index (χ3v) is 8.06. The second-order valence-corrected chi connectivity index (χ2v) is 12.1. The van der Waals surface area contributed by atoms with Crippen molar-refractivity contribution in [3.63, 3.8) is 0 Å². The van der Waals surface area contributed by atoms with E-state index in [1.165, 1.54) is 28.6 Å². The average molecular weight is 567 g/mol. The zero-order valence-electron chi connectivity index (χ0n) is 21.9. The fourth-order valence-corrected chi connectivity index (χ4v) is 5.61. The molecule has 2 saturated heterocycles. The van der Waals surface area contributed by atoms with E-state index in [9.17, 15) is 26.4 Å². The Bertz CT molecular complexity index is 1370. The van der Waals surface area contributed by atoms with Crippen LogP contribution in [0.4, 0.5) is 29.5 Å². The summed E-state index contributed by atoms with van der Waals surface area (Å²) in [5.41, 5.74) is -2.31. The monoisotopic (exact) mass is 566 g/mol. The number of sulfonamides is 1. The zero-order valence-corrected chi connectivity index (χ0v) is 22.7. The first-order valence-electron chi connectivity index (χ1n) is 12.1. The van der Waals surface area contributed by atoms with E-state index in [1.807, 2.05) is 4.90 Å². The molecule has 1 aromatic heterocycles. The maximum atomic E-state index is 13.4. The molecule has 9 nitrogen and oxygen atoms in total. The summed E-state index contributed by atoms with van der Waals surface area (Å²) in [6.07, 6.45) is -4.07. The number of hydrogen-bond acceptors (Lipinski definition) is 7. The third-order valence-electron chi connectivity index (χ3n) is 6.21. The maximum absolute atomic E-state index is 13.4. The highest BCUT2D eigenvalue weighted by Gasteiger charge is 2.67. The number of carbonyl (C=O) groups is 1. The molecule has 1 N–H and O–H groups in total. The molecule has 2 aliphatic rings. The van der Waals surface area contributed by atoms with Crippen molar-refractivity contribution in [3.05, 3.63) is 48.2 Å². The number of piperazine rings is 1. The molecule has 0 radical (unpaired) electrons. The standard InChI is InChI=1S/C26H29F3N4O5S/c1-5-6-20-16-32(39(35,36)21-11-12-22(30-15-21)31-23(34)38-24(2,3)4)13-14-33(20)19-9-7-18(8-10-19)25(17-37-25)26(27,28)29/h7-12,15,20H,13-14,16-17H2,1-4H3,(H,30,31,34). The summed E-state index contributed by atoms with van der Waals surface area (Å²) in [7, 11) is -3.94. The van der Waals surface area contributed by atoms with Crippen molar-refractivity contribution in [1.29, 1.82) is 0 Å². The molecule has 1 aromatic carbocycles. The average Bonchev–Trinajstić information content (AvgIpc) is 3.66. The number of nitrogens with one attached hydrogen (secondary N) is 1. The van der Waals surface area contributed by atoms with Gasteiger partial charge in [-0.05, 0) is 57.5 Å². The van der Waals surface area contributed by atoms with E-state index in [2.05, 4.69) is 22.1 Å². The highest BCUT2D eigenvalue weighted by molar-refractivity contribution is 7.89. The molecule has 2 unspecified atom stereocenters. The predicted molar refractivity (Wildman–Crippen MR) is 138 cm³/mol. The van der Waals surface area contributed by atoms with Gasteiger partial charge in [-0.25, -0.2) is 18.2 Å². The number of halogens is 3.